The highest BCUT2D eigenvalue weighted by molar-refractivity contribution is 5.88. The Morgan fingerprint density at radius 3 is 2.69 bits per heavy atom. The van der Waals surface area contributed by atoms with Crippen molar-refractivity contribution in [3.8, 4) is 11.8 Å². The molecule has 32 heavy (non-hydrogen) atoms. The van der Waals surface area contributed by atoms with Gasteiger partial charge in [0.15, 0.2) is 5.65 Å². The molecule has 0 spiro atoms. The van der Waals surface area contributed by atoms with Crippen LogP contribution in [-0.4, -0.2) is 14.5 Å². The summed E-state index contributed by atoms with van der Waals surface area (Å²) >= 11 is 0. The minimum atomic E-state index is 0.474. The molecule has 0 amide bonds. The summed E-state index contributed by atoms with van der Waals surface area (Å²) in [4.78, 5) is 9.51. The molecular weight excluding hydrogens is 396 g/mol. The zero-order valence-electron chi connectivity index (χ0n) is 18.7. The fourth-order valence-corrected chi connectivity index (χ4v) is 4.53. The topological polar surface area (TPSA) is 63.7 Å². The van der Waals surface area contributed by atoms with Crippen LogP contribution in [0.25, 0.3) is 16.7 Å². The first-order valence-electron chi connectivity index (χ1n) is 10.7. The lowest BCUT2D eigenvalue weighted by Gasteiger charge is -2.14. The van der Waals surface area contributed by atoms with Gasteiger partial charge in [-0.25, -0.2) is 9.97 Å². The highest BCUT2D eigenvalue weighted by Crippen LogP contribution is 2.39. The standard InChI is InChI=1S/C27H24N4O/c1-16-11-18(3)29-27-26(16)30-19(4)31(27)14-20-9-10-23-24(12-20)32-15-21-7-5-6-8-22(21)25(23)17(2)13-28/h5-12H,14-15H2,1-4H3. The molecule has 0 bridgehead atoms. The molecule has 0 radical (unpaired) electrons. The van der Waals surface area contributed by atoms with E-state index in [1.54, 1.807) is 0 Å². The van der Waals surface area contributed by atoms with Gasteiger partial charge in [-0.05, 0) is 62.1 Å². The fourth-order valence-electron chi connectivity index (χ4n) is 4.53. The second-order valence-electron chi connectivity index (χ2n) is 8.39. The van der Waals surface area contributed by atoms with Crippen LogP contribution in [0.5, 0.6) is 5.75 Å². The molecule has 2 aromatic carbocycles. The Kier molecular flexibility index (Phi) is 4.79. The molecular formula is C27H24N4O. The largest absolute Gasteiger partial charge is 0.488 e. The minimum absolute atomic E-state index is 0.474. The van der Waals surface area contributed by atoms with E-state index >= 15 is 0 Å². The lowest BCUT2D eigenvalue weighted by atomic mass is 9.90. The van der Waals surface area contributed by atoms with Gasteiger partial charge in [0.1, 0.15) is 23.7 Å². The number of allylic oxidation sites excluding steroid dienone is 1. The van der Waals surface area contributed by atoms with Gasteiger partial charge in [-0.1, -0.05) is 36.4 Å². The zero-order chi connectivity index (χ0) is 22.4. The quantitative estimate of drug-likeness (QED) is 0.394. The second kappa shape index (κ2) is 7.65. The number of aromatic nitrogens is 3. The molecule has 0 saturated carbocycles. The van der Waals surface area contributed by atoms with Crippen molar-refractivity contribution in [3.63, 3.8) is 0 Å². The first-order valence-corrected chi connectivity index (χ1v) is 10.7. The Morgan fingerprint density at radius 1 is 1.06 bits per heavy atom. The third kappa shape index (κ3) is 3.25. The van der Waals surface area contributed by atoms with Crippen LogP contribution in [0, 0.1) is 32.1 Å². The van der Waals surface area contributed by atoms with Gasteiger partial charge >= 0.3 is 0 Å². The van der Waals surface area contributed by atoms with E-state index in [2.05, 4.69) is 54.0 Å². The SMILES string of the molecule is CC(C#N)=C1c2ccccc2COc2cc(Cn3c(C)nc4c(C)cc(C)nc43)ccc21. The van der Waals surface area contributed by atoms with Gasteiger partial charge in [0.25, 0.3) is 0 Å². The summed E-state index contributed by atoms with van der Waals surface area (Å²) in [6, 6.07) is 18.8. The molecule has 0 saturated heterocycles. The predicted octanol–water partition coefficient (Wildman–Crippen LogP) is 5.64. The van der Waals surface area contributed by atoms with Crippen LogP contribution in [0.2, 0.25) is 0 Å². The summed E-state index contributed by atoms with van der Waals surface area (Å²) in [6.07, 6.45) is 0. The van der Waals surface area contributed by atoms with Crippen molar-refractivity contribution >= 4 is 16.7 Å². The van der Waals surface area contributed by atoms with E-state index in [4.69, 9.17) is 14.7 Å². The number of nitriles is 1. The monoisotopic (exact) mass is 420 g/mol. The van der Waals surface area contributed by atoms with Crippen molar-refractivity contribution in [2.24, 2.45) is 0 Å². The van der Waals surface area contributed by atoms with Crippen LogP contribution in [0.15, 0.2) is 54.1 Å². The molecule has 1 aliphatic rings. The normalized spacial score (nSPS) is 14.2. The van der Waals surface area contributed by atoms with E-state index in [1.807, 2.05) is 32.9 Å². The van der Waals surface area contributed by atoms with Gasteiger partial charge in [0.2, 0.25) is 0 Å². The molecule has 0 aliphatic carbocycles. The Bertz CT molecular complexity index is 1450. The number of imidazole rings is 1. The van der Waals surface area contributed by atoms with Crippen LogP contribution in [0.1, 0.15) is 46.3 Å². The first-order chi connectivity index (χ1) is 15.5. The summed E-state index contributed by atoms with van der Waals surface area (Å²) in [5.41, 5.74) is 9.81. The molecule has 158 valence electrons. The maximum Gasteiger partial charge on any atom is 0.160 e. The number of ether oxygens (including phenoxy) is 1. The molecule has 0 fully saturated rings. The van der Waals surface area contributed by atoms with Crippen LogP contribution < -0.4 is 4.74 Å². The highest BCUT2D eigenvalue weighted by Gasteiger charge is 2.22. The molecule has 0 N–H and O–H groups in total. The van der Waals surface area contributed by atoms with E-state index in [1.165, 1.54) is 0 Å². The Hall–Kier alpha value is -3.91. The smallest absolute Gasteiger partial charge is 0.160 e. The van der Waals surface area contributed by atoms with Gasteiger partial charge in [0.05, 0.1) is 12.6 Å². The second-order valence-corrected chi connectivity index (χ2v) is 8.39. The number of pyridine rings is 1. The molecule has 5 heteroatoms. The predicted molar refractivity (Wildman–Crippen MR) is 125 cm³/mol. The Labute approximate surface area is 187 Å². The number of aryl methyl sites for hydroxylation is 3. The summed E-state index contributed by atoms with van der Waals surface area (Å²) in [5.74, 6) is 1.73. The maximum atomic E-state index is 9.67. The third-order valence-corrected chi connectivity index (χ3v) is 6.08. The number of rotatable bonds is 2. The van der Waals surface area contributed by atoms with Gasteiger partial charge < -0.3 is 9.30 Å². The van der Waals surface area contributed by atoms with Gasteiger partial charge in [0, 0.05) is 22.4 Å². The average Bonchev–Trinajstić information content (AvgIpc) is 2.99. The van der Waals surface area contributed by atoms with Crippen molar-refractivity contribution in [1.82, 2.24) is 14.5 Å². The van der Waals surface area contributed by atoms with E-state index in [0.717, 1.165) is 61.8 Å². The van der Waals surface area contributed by atoms with Gasteiger partial charge in [-0.3, -0.25) is 0 Å². The fraction of sp³-hybridized carbons (Fsp3) is 0.222. The lowest BCUT2D eigenvalue weighted by molar-refractivity contribution is 0.307. The molecule has 5 nitrogen and oxygen atoms in total. The van der Waals surface area contributed by atoms with Crippen LogP contribution >= 0.6 is 0 Å². The van der Waals surface area contributed by atoms with Crippen molar-refractivity contribution < 1.29 is 4.74 Å². The Morgan fingerprint density at radius 2 is 1.88 bits per heavy atom. The molecule has 0 atom stereocenters. The van der Waals surface area contributed by atoms with E-state index < -0.39 is 0 Å². The molecule has 2 aromatic heterocycles. The first kappa shape index (κ1) is 20.0. The average molecular weight is 421 g/mol. The minimum Gasteiger partial charge on any atom is -0.488 e. The maximum absolute atomic E-state index is 9.67. The number of fused-ring (bicyclic) bond motifs is 3. The summed E-state index contributed by atoms with van der Waals surface area (Å²) in [5, 5.41) is 9.67. The van der Waals surface area contributed by atoms with Gasteiger partial charge in [-0.15, -0.1) is 0 Å². The van der Waals surface area contributed by atoms with Crippen LogP contribution in [0.4, 0.5) is 0 Å². The van der Waals surface area contributed by atoms with Gasteiger partial charge in [-0.2, -0.15) is 5.26 Å². The van der Waals surface area contributed by atoms with Crippen molar-refractivity contribution in [2.75, 3.05) is 0 Å². The number of nitrogens with zero attached hydrogens (tertiary/aromatic N) is 4. The Balaban J connectivity index is 1.61. The molecule has 0 unspecified atom stereocenters. The lowest BCUT2D eigenvalue weighted by Crippen LogP contribution is -2.04. The summed E-state index contributed by atoms with van der Waals surface area (Å²) in [7, 11) is 0. The van der Waals surface area contributed by atoms with Crippen LogP contribution in [-0.2, 0) is 13.2 Å². The van der Waals surface area contributed by atoms with Crippen molar-refractivity contribution in [2.45, 2.75) is 40.8 Å². The number of hydrogen-bond acceptors (Lipinski definition) is 4. The molecule has 1 aliphatic heterocycles. The number of benzene rings is 2. The third-order valence-electron chi connectivity index (χ3n) is 6.08. The van der Waals surface area contributed by atoms with E-state index in [-0.39, 0.29) is 0 Å². The highest BCUT2D eigenvalue weighted by atomic mass is 16.5. The molecule has 3 heterocycles. The van der Waals surface area contributed by atoms with Crippen LogP contribution in [0.3, 0.4) is 0 Å². The van der Waals surface area contributed by atoms with E-state index in [0.29, 0.717) is 18.7 Å². The summed E-state index contributed by atoms with van der Waals surface area (Å²) < 4.78 is 8.38. The summed E-state index contributed by atoms with van der Waals surface area (Å²) in [6.45, 7) is 9.10. The van der Waals surface area contributed by atoms with E-state index in [9.17, 15) is 5.26 Å². The van der Waals surface area contributed by atoms with Crippen molar-refractivity contribution in [1.29, 1.82) is 5.26 Å². The number of hydrogen-bond donors (Lipinski definition) is 0. The molecule has 4 aromatic rings. The molecule has 5 rings (SSSR count). The van der Waals surface area contributed by atoms with Crippen molar-refractivity contribution in [3.05, 3.63) is 93.4 Å². The zero-order valence-corrected chi connectivity index (χ0v) is 18.7.